The number of esters is 1. The van der Waals surface area contributed by atoms with E-state index in [-0.39, 0.29) is 72.4 Å². The van der Waals surface area contributed by atoms with Gasteiger partial charge in [0, 0.05) is 58.8 Å². The molecule has 0 spiro atoms. The molecule has 54 heavy (non-hydrogen) atoms. The molecule has 0 radical (unpaired) electrons. The Kier molecular flexibility index (Phi) is 18.1. The number of Topliss-reactive ketones (excluding diaryl/α,β-unsaturated/α-hetero) is 1. The predicted molar refractivity (Wildman–Crippen MR) is 211 cm³/mol. The number of carbonyl (C=O) groups excluding carboxylic acids is 2. The maximum absolute atomic E-state index is 13.8. The van der Waals surface area contributed by atoms with Gasteiger partial charge in [0.1, 0.15) is 12.2 Å². The highest BCUT2D eigenvalue weighted by Crippen LogP contribution is 2.56. The predicted octanol–water partition coefficient (Wildman–Crippen LogP) is 7.57. The molecule has 0 aromatic rings. The van der Waals surface area contributed by atoms with Gasteiger partial charge in [-0.3, -0.25) is 9.59 Å². The maximum Gasteiger partial charge on any atom is 0.306 e. The molecule has 0 aromatic heterocycles. The molecular formula is C44H75NO9. The lowest BCUT2D eigenvalue weighted by molar-refractivity contribution is -0.287. The Bertz CT molecular complexity index is 1240. The number of ether oxygens (including phenoxy) is 7. The Morgan fingerprint density at radius 2 is 1.61 bits per heavy atom. The lowest BCUT2D eigenvalue weighted by Crippen LogP contribution is -2.51. The number of ketones is 1. The van der Waals surface area contributed by atoms with E-state index in [0.29, 0.717) is 30.6 Å². The first-order chi connectivity index (χ1) is 25.9. The van der Waals surface area contributed by atoms with Crippen molar-refractivity contribution in [1.82, 2.24) is 4.90 Å². The zero-order valence-corrected chi connectivity index (χ0v) is 35.6. The molecule has 0 amide bonds. The zero-order chi connectivity index (χ0) is 39.5. The monoisotopic (exact) mass is 762 g/mol. The number of allylic oxidation sites excluding steroid dienone is 4. The van der Waals surface area contributed by atoms with Gasteiger partial charge in [-0.2, -0.15) is 0 Å². The lowest BCUT2D eigenvalue weighted by atomic mass is 9.67. The molecule has 0 bridgehead atoms. The fourth-order valence-electron chi connectivity index (χ4n) is 10.1. The first-order valence-electron chi connectivity index (χ1n) is 21.1. The molecule has 0 N–H and O–H groups in total. The van der Waals surface area contributed by atoms with Crippen molar-refractivity contribution in [3.8, 4) is 0 Å². The zero-order valence-electron chi connectivity index (χ0n) is 35.6. The van der Waals surface area contributed by atoms with Crippen LogP contribution >= 0.6 is 0 Å². The van der Waals surface area contributed by atoms with Crippen molar-refractivity contribution in [2.45, 2.75) is 161 Å². The maximum atomic E-state index is 13.8. The molecule has 14 atom stereocenters. The van der Waals surface area contributed by atoms with Gasteiger partial charge in [0.15, 0.2) is 12.1 Å². The van der Waals surface area contributed by atoms with Crippen molar-refractivity contribution >= 4 is 11.8 Å². The molecule has 3 aliphatic heterocycles. The summed E-state index contributed by atoms with van der Waals surface area (Å²) in [5, 5.41) is 0. The Morgan fingerprint density at radius 1 is 0.889 bits per heavy atom. The highest BCUT2D eigenvalue weighted by atomic mass is 16.7. The van der Waals surface area contributed by atoms with Gasteiger partial charge in [-0.1, -0.05) is 38.0 Å². The van der Waals surface area contributed by atoms with Crippen LogP contribution in [0, 0.1) is 35.5 Å². The van der Waals surface area contributed by atoms with Gasteiger partial charge in [0.05, 0.1) is 30.8 Å². The minimum absolute atomic E-state index is 0.0188. The van der Waals surface area contributed by atoms with E-state index in [9.17, 15) is 9.59 Å². The number of carbonyl (C=O) groups is 2. The summed E-state index contributed by atoms with van der Waals surface area (Å²) in [5.74, 6) is 1.09. The fourth-order valence-corrected chi connectivity index (χ4v) is 10.1. The summed E-state index contributed by atoms with van der Waals surface area (Å²) in [4.78, 5) is 29.2. The number of rotatable bonds is 7. The van der Waals surface area contributed by atoms with Crippen LogP contribution in [0.5, 0.6) is 0 Å². The number of hydrogen-bond acceptors (Lipinski definition) is 10. The van der Waals surface area contributed by atoms with Gasteiger partial charge < -0.3 is 38.1 Å². The van der Waals surface area contributed by atoms with Crippen LogP contribution in [-0.4, -0.2) is 114 Å². The van der Waals surface area contributed by atoms with Gasteiger partial charge in [-0.25, -0.2) is 0 Å². The first kappa shape index (κ1) is 45.0. The van der Waals surface area contributed by atoms with Gasteiger partial charge in [-0.05, 0) is 122 Å². The van der Waals surface area contributed by atoms with E-state index in [0.717, 1.165) is 63.5 Å². The molecule has 10 heteroatoms. The van der Waals surface area contributed by atoms with Crippen LogP contribution in [0.2, 0.25) is 0 Å². The molecule has 310 valence electrons. The molecule has 3 saturated heterocycles. The van der Waals surface area contributed by atoms with Crippen LogP contribution in [0.4, 0.5) is 0 Å². The minimum atomic E-state index is -0.467. The average molecular weight is 762 g/mol. The van der Waals surface area contributed by atoms with Crippen LogP contribution in [0.25, 0.3) is 0 Å². The lowest BCUT2D eigenvalue weighted by Gasteiger charge is -2.40. The van der Waals surface area contributed by atoms with Crippen LogP contribution < -0.4 is 0 Å². The fraction of sp³-hybridized carbons (Fsp3) is 0.864. The van der Waals surface area contributed by atoms with Gasteiger partial charge >= 0.3 is 5.97 Å². The van der Waals surface area contributed by atoms with E-state index < -0.39 is 6.29 Å². The number of likely N-dealkylation sites (N-methyl/N-ethyl adjacent to an activating group) is 1. The van der Waals surface area contributed by atoms with Crippen molar-refractivity contribution in [2.75, 3.05) is 48.6 Å². The second kappa shape index (κ2) is 21.8. The summed E-state index contributed by atoms with van der Waals surface area (Å²) in [6, 6.07) is 0.633. The van der Waals surface area contributed by atoms with Gasteiger partial charge in [-0.15, -0.1) is 0 Å². The van der Waals surface area contributed by atoms with E-state index in [1.807, 2.05) is 6.92 Å². The third-order valence-corrected chi connectivity index (χ3v) is 12.8. The van der Waals surface area contributed by atoms with E-state index in [2.05, 4.69) is 70.5 Å². The highest BCUT2D eigenvalue weighted by molar-refractivity contribution is 5.98. The molecule has 0 aromatic carbocycles. The second-order valence-corrected chi connectivity index (χ2v) is 17.0. The van der Waals surface area contributed by atoms with E-state index >= 15 is 0 Å². The SMILES string of the molecule is CCOC1CC(C)O[C@@H](O[C@@H]2CC3C(C)=CC4C5CC(=O)OC(CC)CCCCC(C)C(=O)C5=CC4C3C2)C1OC.COC.C[C@H]1OCCCC1N(C)C. The van der Waals surface area contributed by atoms with Crippen molar-refractivity contribution < 1.29 is 42.7 Å². The second-order valence-electron chi connectivity index (χ2n) is 17.0. The molecule has 1 saturated carbocycles. The summed E-state index contributed by atoms with van der Waals surface area (Å²) >= 11 is 0. The van der Waals surface area contributed by atoms with Crippen LogP contribution in [0.3, 0.4) is 0 Å². The molecular weight excluding hydrogens is 686 g/mol. The molecule has 6 rings (SSSR count). The van der Waals surface area contributed by atoms with E-state index in [1.165, 1.54) is 18.4 Å². The summed E-state index contributed by atoms with van der Waals surface area (Å²) in [5.41, 5.74) is 2.23. The van der Waals surface area contributed by atoms with Crippen molar-refractivity contribution in [3.05, 3.63) is 23.3 Å². The van der Waals surface area contributed by atoms with E-state index in [4.69, 9.17) is 28.4 Å². The Morgan fingerprint density at radius 3 is 2.24 bits per heavy atom. The van der Waals surface area contributed by atoms with Crippen molar-refractivity contribution in [1.29, 1.82) is 0 Å². The quantitative estimate of drug-likeness (QED) is 0.191. The Balaban J connectivity index is 0.000000425. The normalized spacial score (nSPS) is 39.9. The Labute approximate surface area is 327 Å². The molecule has 11 unspecified atom stereocenters. The largest absolute Gasteiger partial charge is 0.462 e. The number of methoxy groups -OCH3 is 2. The molecule has 3 aliphatic carbocycles. The molecule has 6 aliphatic rings. The van der Waals surface area contributed by atoms with Crippen LogP contribution in [-0.2, 0) is 42.7 Å². The third kappa shape index (κ3) is 11.5. The Hall–Kier alpha value is -1.66. The highest BCUT2D eigenvalue weighted by Gasteiger charge is 2.52. The van der Waals surface area contributed by atoms with E-state index in [1.54, 1.807) is 21.3 Å². The molecule has 3 heterocycles. The molecule has 10 nitrogen and oxygen atoms in total. The molecule has 4 fully saturated rings. The summed E-state index contributed by atoms with van der Waals surface area (Å²) in [6.45, 7) is 14.2. The number of hydrogen-bond donors (Lipinski definition) is 0. The summed E-state index contributed by atoms with van der Waals surface area (Å²) in [7, 11) is 9.20. The number of cyclic esters (lactones) is 1. The van der Waals surface area contributed by atoms with Crippen molar-refractivity contribution in [2.24, 2.45) is 35.5 Å². The topological polar surface area (TPSA) is 102 Å². The third-order valence-electron chi connectivity index (χ3n) is 12.8. The minimum Gasteiger partial charge on any atom is -0.462 e. The van der Waals surface area contributed by atoms with Gasteiger partial charge in [0.2, 0.25) is 0 Å². The van der Waals surface area contributed by atoms with Gasteiger partial charge in [0.25, 0.3) is 0 Å². The van der Waals surface area contributed by atoms with Crippen LogP contribution in [0.15, 0.2) is 23.3 Å². The van der Waals surface area contributed by atoms with Crippen molar-refractivity contribution in [3.63, 3.8) is 0 Å². The van der Waals surface area contributed by atoms with Crippen LogP contribution in [0.1, 0.15) is 112 Å². The number of nitrogens with zero attached hydrogens (tertiary/aromatic N) is 1. The average Bonchev–Trinajstić information content (AvgIpc) is 3.71. The standard InChI is InChI=1S/C34H52O7.C8H17NO.C2H6O/c1-7-22-12-10-9-11-19(3)32(36)29-17-27-25(28(29)18-31(35)40-22)13-20(4)24-15-23(16-26(24)27)41-34-33(37-6)30(38-8-2)14-21(5)39-34;1-7-8(9(2)3)5-4-6-10-7;1-3-2/h13,17,19,21-28,30,33-34H,7-12,14-16,18H2,1-6H3;7-8H,4-6H2,1-3H3;1-2H3/t19?,21?,22?,23-,24?,25?,26?,27?,28?,30?,33?,34+;7-,8?;/m11./s1. The first-order valence-corrected chi connectivity index (χ1v) is 21.1. The number of fused-ring (bicyclic) bond motifs is 5. The summed E-state index contributed by atoms with van der Waals surface area (Å²) in [6.07, 6.45) is 14.3. The summed E-state index contributed by atoms with van der Waals surface area (Å²) < 4.78 is 40.5. The smallest absolute Gasteiger partial charge is 0.306 e.